The third-order valence-corrected chi connectivity index (χ3v) is 3.95. The largest absolute Gasteiger partial charge is 0.481 e. The van der Waals surface area contributed by atoms with Gasteiger partial charge >= 0.3 is 5.97 Å². The highest BCUT2D eigenvalue weighted by atomic mass is 32.2. The number of aliphatic carboxylic acids is 1. The molecule has 1 aliphatic heterocycles. The van der Waals surface area contributed by atoms with E-state index in [0.29, 0.717) is 5.75 Å². The van der Waals surface area contributed by atoms with E-state index in [1.807, 2.05) is 0 Å². The molecule has 0 radical (unpaired) electrons. The fourth-order valence-corrected chi connectivity index (χ4v) is 3.03. The molecule has 0 bridgehead atoms. The van der Waals surface area contributed by atoms with E-state index in [1.54, 1.807) is 12.1 Å². The van der Waals surface area contributed by atoms with Crippen LogP contribution in [0.1, 0.15) is 17.4 Å². The van der Waals surface area contributed by atoms with Crippen LogP contribution in [0, 0.1) is 5.82 Å². The minimum atomic E-state index is -0.933. The van der Waals surface area contributed by atoms with Crippen LogP contribution in [-0.2, 0) is 9.59 Å². The summed E-state index contributed by atoms with van der Waals surface area (Å²) in [4.78, 5) is 23.8. The number of benzene rings is 1. The summed E-state index contributed by atoms with van der Waals surface area (Å²) >= 11 is 1.43. The van der Waals surface area contributed by atoms with E-state index in [2.05, 4.69) is 0 Å². The number of hydrogen-bond acceptors (Lipinski definition) is 3. The molecule has 1 aromatic carbocycles. The Balaban J connectivity index is 2.13. The van der Waals surface area contributed by atoms with Gasteiger partial charge in [-0.3, -0.25) is 9.59 Å². The second-order valence-corrected chi connectivity index (χ2v) is 5.01. The van der Waals surface area contributed by atoms with Crippen LogP contribution in [0.5, 0.6) is 0 Å². The summed E-state index contributed by atoms with van der Waals surface area (Å²) in [7, 11) is 0. The van der Waals surface area contributed by atoms with Crippen molar-refractivity contribution in [1.82, 2.24) is 4.90 Å². The van der Waals surface area contributed by atoms with Gasteiger partial charge in [-0.1, -0.05) is 12.1 Å². The summed E-state index contributed by atoms with van der Waals surface area (Å²) in [5, 5.41) is 8.45. The van der Waals surface area contributed by atoms with Crippen LogP contribution in [0.4, 0.5) is 4.39 Å². The van der Waals surface area contributed by atoms with Gasteiger partial charge in [-0.2, -0.15) is 0 Å². The molecule has 18 heavy (non-hydrogen) atoms. The Morgan fingerprint density at radius 1 is 1.44 bits per heavy atom. The maximum atomic E-state index is 12.8. The van der Waals surface area contributed by atoms with Crippen LogP contribution in [-0.4, -0.2) is 34.2 Å². The lowest BCUT2D eigenvalue weighted by Gasteiger charge is -2.23. The van der Waals surface area contributed by atoms with Crippen molar-refractivity contribution in [2.75, 3.05) is 12.3 Å². The molecule has 1 amide bonds. The SMILES string of the molecule is O=C(O)CCN1C(=O)CS[C@@H]1c1ccc(F)cc1. The zero-order valence-electron chi connectivity index (χ0n) is 9.51. The molecule has 6 heteroatoms. The molecule has 1 atom stereocenters. The standard InChI is InChI=1S/C12H12FNO3S/c13-9-3-1-8(2-4-9)12-14(6-5-11(16)17)10(15)7-18-12/h1-4,12H,5-7H2,(H,16,17)/t12-/m1/s1. The number of carboxylic acids is 1. The summed E-state index contributed by atoms with van der Waals surface area (Å²) in [6.07, 6.45) is -0.0794. The Morgan fingerprint density at radius 2 is 2.11 bits per heavy atom. The van der Waals surface area contributed by atoms with E-state index in [1.165, 1.54) is 28.8 Å². The van der Waals surface area contributed by atoms with Crippen molar-refractivity contribution in [3.05, 3.63) is 35.6 Å². The molecule has 0 aromatic heterocycles. The zero-order chi connectivity index (χ0) is 13.1. The minimum absolute atomic E-state index is 0.0735. The van der Waals surface area contributed by atoms with Gasteiger partial charge in [0.1, 0.15) is 11.2 Å². The van der Waals surface area contributed by atoms with E-state index in [-0.39, 0.29) is 30.1 Å². The Morgan fingerprint density at radius 3 is 2.72 bits per heavy atom. The molecular formula is C12H12FNO3S. The van der Waals surface area contributed by atoms with Gasteiger partial charge in [-0.25, -0.2) is 4.39 Å². The second-order valence-electron chi connectivity index (χ2n) is 3.95. The Labute approximate surface area is 108 Å². The van der Waals surface area contributed by atoms with E-state index in [9.17, 15) is 14.0 Å². The number of halogens is 1. The minimum Gasteiger partial charge on any atom is -0.481 e. The number of hydrogen-bond donors (Lipinski definition) is 1. The first-order chi connectivity index (χ1) is 8.58. The fourth-order valence-electron chi connectivity index (χ4n) is 1.82. The number of carbonyl (C=O) groups is 2. The first-order valence-corrected chi connectivity index (χ1v) is 6.51. The molecule has 96 valence electrons. The molecule has 1 fully saturated rings. The average Bonchev–Trinajstić information content (AvgIpc) is 2.69. The number of rotatable bonds is 4. The molecule has 0 saturated carbocycles. The van der Waals surface area contributed by atoms with Gasteiger partial charge in [-0.15, -0.1) is 11.8 Å². The number of thioether (sulfide) groups is 1. The predicted octanol–water partition coefficient (Wildman–Crippen LogP) is 1.87. The summed E-state index contributed by atoms with van der Waals surface area (Å²) < 4.78 is 12.8. The lowest BCUT2D eigenvalue weighted by molar-refractivity contribution is -0.138. The second kappa shape index (κ2) is 5.39. The summed E-state index contributed by atoms with van der Waals surface area (Å²) in [6.45, 7) is 0.184. The Kier molecular flexibility index (Phi) is 3.86. The molecule has 1 aromatic rings. The van der Waals surface area contributed by atoms with Crippen LogP contribution in [0.3, 0.4) is 0 Å². The molecule has 1 heterocycles. The summed E-state index contributed by atoms with van der Waals surface area (Å²) in [6, 6.07) is 5.93. The van der Waals surface area contributed by atoms with Crippen LogP contribution in [0.2, 0.25) is 0 Å². The zero-order valence-corrected chi connectivity index (χ0v) is 10.3. The average molecular weight is 269 g/mol. The number of carbonyl (C=O) groups excluding carboxylic acids is 1. The molecule has 0 aliphatic carbocycles. The third-order valence-electron chi connectivity index (χ3n) is 2.69. The van der Waals surface area contributed by atoms with E-state index in [0.717, 1.165) is 5.56 Å². The Hall–Kier alpha value is -1.56. The van der Waals surface area contributed by atoms with Crippen molar-refractivity contribution < 1.29 is 19.1 Å². The fraction of sp³-hybridized carbons (Fsp3) is 0.333. The van der Waals surface area contributed by atoms with Crippen molar-refractivity contribution >= 4 is 23.6 Å². The smallest absolute Gasteiger partial charge is 0.305 e. The van der Waals surface area contributed by atoms with Crippen LogP contribution in [0.15, 0.2) is 24.3 Å². The van der Waals surface area contributed by atoms with Crippen LogP contribution >= 0.6 is 11.8 Å². The van der Waals surface area contributed by atoms with Crippen molar-refractivity contribution in [2.45, 2.75) is 11.8 Å². The third kappa shape index (κ3) is 2.81. The first kappa shape index (κ1) is 12.9. The lowest BCUT2D eigenvalue weighted by atomic mass is 10.2. The van der Waals surface area contributed by atoms with Crippen molar-refractivity contribution in [3.63, 3.8) is 0 Å². The van der Waals surface area contributed by atoms with Crippen LogP contribution < -0.4 is 0 Å². The van der Waals surface area contributed by atoms with Gasteiger partial charge in [0.05, 0.1) is 12.2 Å². The number of nitrogens with zero attached hydrogens (tertiary/aromatic N) is 1. The van der Waals surface area contributed by atoms with Crippen molar-refractivity contribution in [3.8, 4) is 0 Å². The molecule has 1 aliphatic rings. The highest BCUT2D eigenvalue weighted by Crippen LogP contribution is 2.38. The molecule has 0 spiro atoms. The number of amides is 1. The van der Waals surface area contributed by atoms with Crippen molar-refractivity contribution in [2.24, 2.45) is 0 Å². The predicted molar refractivity (Wildman–Crippen MR) is 65.6 cm³/mol. The van der Waals surface area contributed by atoms with Gasteiger partial charge in [-0.05, 0) is 17.7 Å². The summed E-state index contributed by atoms with van der Waals surface area (Å²) in [5.41, 5.74) is 0.817. The number of carboxylic acid groups (broad SMARTS) is 1. The van der Waals surface area contributed by atoms with E-state index < -0.39 is 5.97 Å². The lowest BCUT2D eigenvalue weighted by Crippen LogP contribution is -2.30. The Bertz CT molecular complexity index is 463. The van der Waals surface area contributed by atoms with Gasteiger partial charge in [0.25, 0.3) is 0 Å². The monoisotopic (exact) mass is 269 g/mol. The highest BCUT2D eigenvalue weighted by Gasteiger charge is 2.32. The van der Waals surface area contributed by atoms with Gasteiger partial charge in [0.2, 0.25) is 5.91 Å². The van der Waals surface area contributed by atoms with Crippen LogP contribution in [0.25, 0.3) is 0 Å². The maximum Gasteiger partial charge on any atom is 0.305 e. The van der Waals surface area contributed by atoms with E-state index >= 15 is 0 Å². The van der Waals surface area contributed by atoms with Gasteiger partial charge in [0.15, 0.2) is 0 Å². The molecule has 1 N–H and O–H groups in total. The van der Waals surface area contributed by atoms with Gasteiger partial charge < -0.3 is 10.0 Å². The summed E-state index contributed by atoms with van der Waals surface area (Å²) in [5.74, 6) is -1.000. The van der Waals surface area contributed by atoms with E-state index in [4.69, 9.17) is 5.11 Å². The maximum absolute atomic E-state index is 12.8. The molecular weight excluding hydrogens is 257 g/mol. The van der Waals surface area contributed by atoms with Crippen molar-refractivity contribution in [1.29, 1.82) is 0 Å². The first-order valence-electron chi connectivity index (χ1n) is 5.46. The van der Waals surface area contributed by atoms with Gasteiger partial charge in [0, 0.05) is 6.54 Å². The molecule has 4 nitrogen and oxygen atoms in total. The molecule has 2 rings (SSSR count). The molecule has 1 saturated heterocycles. The highest BCUT2D eigenvalue weighted by molar-refractivity contribution is 8.00. The molecule has 0 unspecified atom stereocenters. The normalized spacial score (nSPS) is 19.3. The topological polar surface area (TPSA) is 57.6 Å². The quantitative estimate of drug-likeness (QED) is 0.906.